The van der Waals surface area contributed by atoms with Crippen molar-refractivity contribution in [1.82, 2.24) is 19.2 Å². The number of nitrogens with zero attached hydrogens (tertiary/aromatic N) is 6. The average molecular weight is 394 g/mol. The van der Waals surface area contributed by atoms with Gasteiger partial charge in [0.1, 0.15) is 29.8 Å². The quantitative estimate of drug-likeness (QED) is 0.383. The van der Waals surface area contributed by atoms with Crippen molar-refractivity contribution in [1.29, 1.82) is 5.26 Å². The Morgan fingerprint density at radius 2 is 2.11 bits per heavy atom. The van der Waals surface area contributed by atoms with Crippen LogP contribution in [0, 0.1) is 29.9 Å². The van der Waals surface area contributed by atoms with Gasteiger partial charge in [0, 0.05) is 23.9 Å². The predicted octanol–water partition coefficient (Wildman–Crippen LogP) is 3.91. The smallest absolute Gasteiger partial charge is 0.293 e. The summed E-state index contributed by atoms with van der Waals surface area (Å²) < 4.78 is 68.1. The van der Waals surface area contributed by atoms with Crippen LogP contribution in [0.3, 0.4) is 0 Å². The molecular formula is C17H11F5N6. The molecule has 0 radical (unpaired) electrons. The number of hydrogen-bond acceptors (Lipinski definition) is 4. The lowest BCUT2D eigenvalue weighted by molar-refractivity contribution is -0.142. The lowest BCUT2D eigenvalue weighted by Crippen LogP contribution is -2.19. The second-order valence-corrected chi connectivity index (χ2v) is 5.77. The molecule has 28 heavy (non-hydrogen) atoms. The first-order valence-electron chi connectivity index (χ1n) is 7.69. The van der Waals surface area contributed by atoms with Crippen LogP contribution in [0.5, 0.6) is 0 Å². The molecule has 0 fully saturated rings. The molecule has 0 unspecified atom stereocenters. The molecule has 11 heteroatoms. The Balaban J connectivity index is 2.27. The van der Waals surface area contributed by atoms with Crippen molar-refractivity contribution < 1.29 is 22.0 Å². The fourth-order valence-electron chi connectivity index (χ4n) is 2.71. The predicted molar refractivity (Wildman–Crippen MR) is 90.3 cm³/mol. The van der Waals surface area contributed by atoms with E-state index in [2.05, 4.69) is 21.8 Å². The van der Waals surface area contributed by atoms with E-state index in [1.807, 2.05) is 0 Å². The molecule has 0 bridgehead atoms. The number of aromatic nitrogens is 4. The van der Waals surface area contributed by atoms with Gasteiger partial charge < -0.3 is 0 Å². The Morgan fingerprint density at radius 3 is 2.71 bits per heavy atom. The van der Waals surface area contributed by atoms with Crippen LogP contribution in [0.25, 0.3) is 23.1 Å². The Hall–Kier alpha value is -3.55. The van der Waals surface area contributed by atoms with Gasteiger partial charge in [0.25, 0.3) is 0 Å². The Kier molecular flexibility index (Phi) is 4.72. The first kappa shape index (κ1) is 19.2. The van der Waals surface area contributed by atoms with Gasteiger partial charge in [0.15, 0.2) is 11.5 Å². The van der Waals surface area contributed by atoms with Gasteiger partial charge in [-0.2, -0.15) is 23.5 Å². The van der Waals surface area contributed by atoms with Crippen LogP contribution >= 0.6 is 0 Å². The number of nitriles is 1. The van der Waals surface area contributed by atoms with Gasteiger partial charge in [0.05, 0.1) is 17.6 Å². The van der Waals surface area contributed by atoms with Crippen LogP contribution in [0.15, 0.2) is 29.1 Å². The van der Waals surface area contributed by atoms with Gasteiger partial charge in [0.2, 0.25) is 0 Å². The van der Waals surface area contributed by atoms with Crippen molar-refractivity contribution in [2.45, 2.75) is 19.6 Å². The highest BCUT2D eigenvalue weighted by Crippen LogP contribution is 2.30. The maximum Gasteiger partial charge on any atom is 0.408 e. The van der Waals surface area contributed by atoms with E-state index in [1.54, 1.807) is 6.07 Å². The van der Waals surface area contributed by atoms with E-state index in [-0.39, 0.29) is 34.0 Å². The van der Waals surface area contributed by atoms with Gasteiger partial charge in [-0.1, -0.05) is 0 Å². The number of fused-ring (bicyclic) bond motifs is 1. The normalized spacial score (nSPS) is 12.4. The molecular weight excluding hydrogens is 383 g/mol. The summed E-state index contributed by atoms with van der Waals surface area (Å²) in [7, 11) is 0. The van der Waals surface area contributed by atoms with Gasteiger partial charge in [-0.15, -0.1) is 0 Å². The van der Waals surface area contributed by atoms with Crippen LogP contribution in [0.1, 0.15) is 11.3 Å². The number of pyridine rings is 1. The van der Waals surface area contributed by atoms with E-state index in [0.29, 0.717) is 10.7 Å². The maximum absolute atomic E-state index is 13.9. The van der Waals surface area contributed by atoms with Crippen LogP contribution < -0.4 is 0 Å². The van der Waals surface area contributed by atoms with Crippen molar-refractivity contribution in [3.63, 3.8) is 0 Å². The number of allylic oxidation sites excluding steroid dienone is 1. The fourth-order valence-corrected chi connectivity index (χ4v) is 2.71. The lowest BCUT2D eigenvalue weighted by Gasteiger charge is -2.08. The number of alkyl halides is 3. The molecule has 0 saturated heterocycles. The first-order chi connectivity index (χ1) is 13.1. The van der Waals surface area contributed by atoms with E-state index in [1.165, 1.54) is 13.1 Å². The largest absolute Gasteiger partial charge is 0.408 e. The molecule has 0 aliphatic heterocycles. The number of rotatable bonds is 4. The van der Waals surface area contributed by atoms with Gasteiger partial charge in [-0.05, 0) is 13.6 Å². The molecule has 144 valence electrons. The average Bonchev–Trinajstić information content (AvgIpc) is 3.13. The highest BCUT2D eigenvalue weighted by atomic mass is 19.4. The molecule has 0 aromatic carbocycles. The molecule has 0 N–H and O–H groups in total. The number of aliphatic imine (C=N–C) groups is 1. The maximum atomic E-state index is 13.9. The minimum Gasteiger partial charge on any atom is -0.293 e. The molecule has 3 aromatic rings. The zero-order valence-corrected chi connectivity index (χ0v) is 14.3. The van der Waals surface area contributed by atoms with Crippen molar-refractivity contribution in [3.05, 3.63) is 47.0 Å². The Morgan fingerprint density at radius 1 is 1.39 bits per heavy atom. The summed E-state index contributed by atoms with van der Waals surface area (Å²) in [5, 5.41) is 12.9. The Bertz CT molecular complexity index is 1150. The van der Waals surface area contributed by atoms with E-state index >= 15 is 0 Å². The summed E-state index contributed by atoms with van der Waals surface area (Å²) >= 11 is 0. The highest BCUT2D eigenvalue weighted by molar-refractivity contribution is 5.69. The SMILES string of the molecule is C=N/C(C#N)=C\c1c(C)c(-c2cnc3c(F)cc(F)cn23)nn1CC(F)(F)F. The standard InChI is InChI=1S/C17H11F5N6/c1-9-13(4-11(5-23)24-2)28(8-17(20,21)22)26-15(9)14-6-25-16-12(19)3-10(18)7-27(14)16/h3-4,6-7H,2,8H2,1H3/b11-4-. The third-order valence-electron chi connectivity index (χ3n) is 3.90. The second-order valence-electron chi connectivity index (χ2n) is 5.77. The molecule has 3 heterocycles. The molecule has 0 amide bonds. The van der Waals surface area contributed by atoms with E-state index < -0.39 is 24.4 Å². The first-order valence-corrected chi connectivity index (χ1v) is 7.69. The van der Waals surface area contributed by atoms with Gasteiger partial charge in [-0.3, -0.25) is 14.1 Å². The van der Waals surface area contributed by atoms with Crippen molar-refractivity contribution in [2.24, 2.45) is 4.99 Å². The summed E-state index contributed by atoms with van der Waals surface area (Å²) in [6.45, 7) is 3.22. The lowest BCUT2D eigenvalue weighted by atomic mass is 10.1. The van der Waals surface area contributed by atoms with Crippen molar-refractivity contribution in [2.75, 3.05) is 0 Å². The molecule has 0 saturated carbocycles. The second kappa shape index (κ2) is 6.88. The molecule has 0 aliphatic rings. The summed E-state index contributed by atoms with van der Waals surface area (Å²) in [6.07, 6.45) is -1.36. The van der Waals surface area contributed by atoms with Crippen LogP contribution in [-0.2, 0) is 6.54 Å². The summed E-state index contributed by atoms with van der Waals surface area (Å²) in [6, 6.07) is 2.34. The number of halogens is 5. The fraction of sp³-hybridized carbons (Fsp3) is 0.176. The zero-order valence-electron chi connectivity index (χ0n) is 14.3. The monoisotopic (exact) mass is 394 g/mol. The van der Waals surface area contributed by atoms with Crippen molar-refractivity contribution in [3.8, 4) is 17.5 Å². The minimum absolute atomic E-state index is 0.0225. The van der Waals surface area contributed by atoms with Crippen molar-refractivity contribution >= 4 is 18.4 Å². The molecule has 3 aromatic heterocycles. The van der Waals surface area contributed by atoms with Crippen LogP contribution in [-0.4, -0.2) is 32.1 Å². The Labute approximate surface area is 154 Å². The van der Waals surface area contributed by atoms with E-state index in [9.17, 15) is 22.0 Å². The zero-order chi connectivity index (χ0) is 20.6. The molecule has 0 aliphatic carbocycles. The summed E-state index contributed by atoms with van der Waals surface area (Å²) in [5.41, 5.74) is -0.104. The van der Waals surface area contributed by atoms with Crippen LogP contribution in [0.2, 0.25) is 0 Å². The summed E-state index contributed by atoms with van der Waals surface area (Å²) in [4.78, 5) is 7.27. The van der Waals surface area contributed by atoms with E-state index in [4.69, 9.17) is 5.26 Å². The highest BCUT2D eigenvalue weighted by Gasteiger charge is 2.31. The van der Waals surface area contributed by atoms with E-state index in [0.717, 1.165) is 16.7 Å². The topological polar surface area (TPSA) is 71.3 Å². The van der Waals surface area contributed by atoms with Crippen LogP contribution in [0.4, 0.5) is 22.0 Å². The number of imidazole rings is 1. The molecule has 0 spiro atoms. The van der Waals surface area contributed by atoms with Gasteiger partial charge >= 0.3 is 6.18 Å². The summed E-state index contributed by atoms with van der Waals surface area (Å²) in [5.74, 6) is -1.82. The van der Waals surface area contributed by atoms with Gasteiger partial charge in [-0.25, -0.2) is 13.8 Å². The third-order valence-corrected chi connectivity index (χ3v) is 3.90. The molecule has 6 nitrogen and oxygen atoms in total. The molecule has 0 atom stereocenters. The minimum atomic E-state index is -4.59. The molecule has 3 rings (SSSR count). The third kappa shape index (κ3) is 3.48. The number of hydrogen-bond donors (Lipinski definition) is 0.